The van der Waals surface area contributed by atoms with E-state index in [9.17, 15) is 24.3 Å². The highest BCUT2D eigenvalue weighted by Gasteiger charge is 2.29. The van der Waals surface area contributed by atoms with Crippen molar-refractivity contribution in [1.29, 1.82) is 0 Å². The number of carbonyl (C=O) groups is 4. The molecule has 9 nitrogen and oxygen atoms in total. The minimum absolute atomic E-state index is 0.139. The molecular weight excluding hydrogens is 414 g/mol. The van der Waals surface area contributed by atoms with E-state index in [4.69, 9.17) is 10.8 Å². The number of nitrogens with one attached hydrogen (secondary N) is 2. The number of aryl methyl sites for hydroxylation is 1. The van der Waals surface area contributed by atoms with Gasteiger partial charge in [0.1, 0.15) is 12.1 Å². The first-order valence-corrected chi connectivity index (χ1v) is 10.1. The van der Waals surface area contributed by atoms with E-state index < -0.39 is 48.3 Å². The molecule has 2 aromatic carbocycles. The van der Waals surface area contributed by atoms with Crippen molar-refractivity contribution in [2.75, 3.05) is 0 Å². The predicted octanol–water partition coefficient (Wildman–Crippen LogP) is 0.718. The van der Waals surface area contributed by atoms with Crippen molar-refractivity contribution in [1.82, 2.24) is 10.6 Å². The fourth-order valence-corrected chi connectivity index (χ4v) is 3.22. The zero-order valence-electron chi connectivity index (χ0n) is 17.4. The molecule has 2 rings (SSSR count). The second-order valence-corrected chi connectivity index (χ2v) is 7.39. The fourth-order valence-electron chi connectivity index (χ4n) is 3.22. The Labute approximate surface area is 185 Å². The van der Waals surface area contributed by atoms with Crippen molar-refractivity contribution < 1.29 is 29.4 Å². The molecule has 32 heavy (non-hydrogen) atoms. The monoisotopic (exact) mass is 441 g/mol. The number of carboxylic acids is 2. The molecule has 6 N–H and O–H groups in total. The summed E-state index contributed by atoms with van der Waals surface area (Å²) in [6.45, 7) is 0. The first kappa shape index (κ1) is 24.5. The predicted molar refractivity (Wildman–Crippen MR) is 117 cm³/mol. The van der Waals surface area contributed by atoms with Gasteiger partial charge in [-0.2, -0.15) is 0 Å². The zero-order chi connectivity index (χ0) is 23.5. The van der Waals surface area contributed by atoms with Crippen LogP contribution in [0.5, 0.6) is 0 Å². The SMILES string of the molecule is NC(=O)[C@H](CC(=O)O)NC(=O)[C@H](Cc1ccccc1)N[C@@H](CCc1ccccc1)C(=O)O. The summed E-state index contributed by atoms with van der Waals surface area (Å²) < 4.78 is 0. The molecule has 0 aliphatic carbocycles. The smallest absolute Gasteiger partial charge is 0.320 e. The van der Waals surface area contributed by atoms with Crippen LogP contribution >= 0.6 is 0 Å². The van der Waals surface area contributed by atoms with Crippen LogP contribution in [0, 0.1) is 0 Å². The van der Waals surface area contributed by atoms with Gasteiger partial charge in [0.05, 0.1) is 12.5 Å². The Morgan fingerprint density at radius 2 is 1.38 bits per heavy atom. The van der Waals surface area contributed by atoms with Gasteiger partial charge in [0.2, 0.25) is 11.8 Å². The molecule has 0 saturated carbocycles. The topological polar surface area (TPSA) is 159 Å². The Balaban J connectivity index is 2.17. The Morgan fingerprint density at radius 1 is 0.812 bits per heavy atom. The van der Waals surface area contributed by atoms with E-state index in [-0.39, 0.29) is 12.8 Å². The van der Waals surface area contributed by atoms with E-state index in [1.165, 1.54) is 0 Å². The number of carboxylic acid groups (broad SMARTS) is 2. The Kier molecular flexibility index (Phi) is 9.37. The summed E-state index contributed by atoms with van der Waals surface area (Å²) in [7, 11) is 0. The molecule has 0 aliphatic rings. The minimum atomic E-state index is -1.41. The van der Waals surface area contributed by atoms with Crippen LogP contribution in [0.25, 0.3) is 0 Å². The maximum atomic E-state index is 12.9. The van der Waals surface area contributed by atoms with Crippen LogP contribution in [0.3, 0.4) is 0 Å². The van der Waals surface area contributed by atoms with Gasteiger partial charge in [-0.25, -0.2) is 0 Å². The van der Waals surface area contributed by atoms with Crippen LogP contribution in [0.1, 0.15) is 24.0 Å². The normalized spacial score (nSPS) is 13.5. The third-order valence-corrected chi connectivity index (χ3v) is 4.90. The van der Waals surface area contributed by atoms with E-state index in [1.54, 1.807) is 24.3 Å². The molecule has 0 bridgehead atoms. The molecule has 9 heteroatoms. The molecule has 0 radical (unpaired) electrons. The lowest BCUT2D eigenvalue weighted by Gasteiger charge is -2.25. The molecule has 0 fully saturated rings. The van der Waals surface area contributed by atoms with Crippen molar-refractivity contribution in [3.05, 3.63) is 71.8 Å². The Morgan fingerprint density at radius 3 is 1.88 bits per heavy atom. The van der Waals surface area contributed by atoms with Gasteiger partial charge in [0.25, 0.3) is 0 Å². The van der Waals surface area contributed by atoms with Crippen LogP contribution in [0.15, 0.2) is 60.7 Å². The number of carbonyl (C=O) groups excluding carboxylic acids is 2. The first-order valence-electron chi connectivity index (χ1n) is 10.1. The lowest BCUT2D eigenvalue weighted by molar-refractivity contribution is -0.140. The van der Waals surface area contributed by atoms with Gasteiger partial charge in [0, 0.05) is 0 Å². The minimum Gasteiger partial charge on any atom is -0.481 e. The lowest BCUT2D eigenvalue weighted by atomic mass is 10.0. The molecule has 2 aromatic rings. The fraction of sp³-hybridized carbons (Fsp3) is 0.304. The molecule has 0 unspecified atom stereocenters. The number of benzene rings is 2. The van der Waals surface area contributed by atoms with E-state index in [0.29, 0.717) is 6.42 Å². The van der Waals surface area contributed by atoms with Crippen LogP contribution in [0.2, 0.25) is 0 Å². The third-order valence-electron chi connectivity index (χ3n) is 4.90. The second kappa shape index (κ2) is 12.2. The quantitative estimate of drug-likeness (QED) is 0.306. The number of amides is 2. The van der Waals surface area contributed by atoms with Crippen LogP contribution in [0.4, 0.5) is 0 Å². The van der Waals surface area contributed by atoms with Crippen molar-refractivity contribution >= 4 is 23.8 Å². The van der Waals surface area contributed by atoms with Gasteiger partial charge in [-0.3, -0.25) is 24.5 Å². The van der Waals surface area contributed by atoms with Crippen molar-refractivity contribution in [3.8, 4) is 0 Å². The number of nitrogens with two attached hydrogens (primary N) is 1. The number of rotatable bonds is 13. The van der Waals surface area contributed by atoms with Gasteiger partial charge in [-0.05, 0) is 30.4 Å². The molecule has 0 spiro atoms. The first-order chi connectivity index (χ1) is 15.3. The summed E-state index contributed by atoms with van der Waals surface area (Å²) in [6, 6.07) is 14.8. The summed E-state index contributed by atoms with van der Waals surface area (Å²) in [5.41, 5.74) is 6.94. The van der Waals surface area contributed by atoms with Crippen molar-refractivity contribution in [2.45, 2.75) is 43.8 Å². The van der Waals surface area contributed by atoms with Crippen LogP contribution < -0.4 is 16.4 Å². The molecule has 0 aromatic heterocycles. The average molecular weight is 441 g/mol. The van der Waals surface area contributed by atoms with E-state index in [1.807, 2.05) is 36.4 Å². The van der Waals surface area contributed by atoms with Gasteiger partial charge in [-0.1, -0.05) is 60.7 Å². The Bertz CT molecular complexity index is 920. The third kappa shape index (κ3) is 8.19. The highest BCUT2D eigenvalue weighted by Crippen LogP contribution is 2.10. The summed E-state index contributed by atoms with van der Waals surface area (Å²) in [5.74, 6) is -4.11. The van der Waals surface area contributed by atoms with Crippen LogP contribution in [-0.4, -0.2) is 52.1 Å². The zero-order valence-corrected chi connectivity index (χ0v) is 17.4. The molecule has 0 aliphatic heterocycles. The summed E-state index contributed by atoms with van der Waals surface area (Å²) >= 11 is 0. The number of hydrogen-bond acceptors (Lipinski definition) is 5. The van der Waals surface area contributed by atoms with E-state index >= 15 is 0 Å². The summed E-state index contributed by atoms with van der Waals surface area (Å²) in [6.07, 6.45) is 0.176. The number of aliphatic carboxylic acids is 2. The van der Waals surface area contributed by atoms with Gasteiger partial charge in [0.15, 0.2) is 0 Å². The van der Waals surface area contributed by atoms with Crippen molar-refractivity contribution in [3.63, 3.8) is 0 Å². The van der Waals surface area contributed by atoms with Crippen molar-refractivity contribution in [2.24, 2.45) is 5.73 Å². The average Bonchev–Trinajstić information content (AvgIpc) is 2.76. The van der Waals surface area contributed by atoms with Crippen LogP contribution in [-0.2, 0) is 32.0 Å². The second-order valence-electron chi connectivity index (χ2n) is 7.39. The lowest BCUT2D eigenvalue weighted by Crippen LogP contribution is -2.56. The largest absolute Gasteiger partial charge is 0.481 e. The van der Waals surface area contributed by atoms with E-state index in [0.717, 1.165) is 11.1 Å². The molecule has 2 amide bonds. The number of hydrogen-bond donors (Lipinski definition) is 5. The van der Waals surface area contributed by atoms with Gasteiger partial charge < -0.3 is 21.3 Å². The summed E-state index contributed by atoms with van der Waals surface area (Å²) in [5, 5.41) is 23.8. The molecule has 3 atom stereocenters. The standard InChI is InChI=1S/C23H27N3O6/c24-21(29)18(14-20(27)28)26-22(30)19(13-16-9-5-2-6-10-16)25-17(23(31)32)12-11-15-7-3-1-4-8-15/h1-10,17-19,25H,11-14H2,(H2,24,29)(H,26,30)(H,27,28)(H,31,32)/t17-,18-,19-/m0/s1. The molecular formula is C23H27N3O6. The van der Waals surface area contributed by atoms with E-state index in [2.05, 4.69) is 10.6 Å². The highest BCUT2D eigenvalue weighted by molar-refractivity contribution is 5.91. The maximum absolute atomic E-state index is 12.9. The number of primary amides is 1. The molecule has 0 heterocycles. The van der Waals surface area contributed by atoms with Gasteiger partial charge in [-0.15, -0.1) is 0 Å². The maximum Gasteiger partial charge on any atom is 0.320 e. The molecule has 170 valence electrons. The highest BCUT2D eigenvalue weighted by atomic mass is 16.4. The summed E-state index contributed by atoms with van der Waals surface area (Å²) in [4.78, 5) is 47.3. The Hall–Kier alpha value is -3.72. The molecule has 0 saturated heterocycles. The van der Waals surface area contributed by atoms with Gasteiger partial charge >= 0.3 is 11.9 Å².